The third-order valence-electron chi connectivity index (χ3n) is 2.36. The molecule has 1 rings (SSSR count). The predicted octanol–water partition coefficient (Wildman–Crippen LogP) is 3.66. The van der Waals surface area contributed by atoms with Gasteiger partial charge in [-0.3, -0.25) is 0 Å². The lowest BCUT2D eigenvalue weighted by Gasteiger charge is -2.07. The Morgan fingerprint density at radius 3 is 3.06 bits per heavy atom. The molecule has 0 radical (unpaired) electrons. The second kappa shape index (κ2) is 9.45. The zero-order valence-corrected chi connectivity index (χ0v) is 12.5. The molecule has 0 aliphatic rings. The summed E-state index contributed by atoms with van der Waals surface area (Å²) in [6, 6.07) is 8.57. The molecule has 0 aliphatic heterocycles. The van der Waals surface area contributed by atoms with Gasteiger partial charge in [-0.1, -0.05) is 29.3 Å². The van der Waals surface area contributed by atoms with E-state index in [1.165, 1.54) is 16.0 Å². The molecule has 4 heteroatoms. The summed E-state index contributed by atoms with van der Waals surface area (Å²) in [6.07, 6.45) is 0. The van der Waals surface area contributed by atoms with Gasteiger partial charge in [-0.25, -0.2) is 0 Å². The van der Waals surface area contributed by atoms with Crippen molar-refractivity contribution in [3.63, 3.8) is 0 Å². The maximum Gasteiger partial charge on any atom is 0.0587 e. The van der Waals surface area contributed by atoms with Crippen LogP contribution in [-0.4, -0.2) is 26.0 Å². The van der Waals surface area contributed by atoms with E-state index in [0.29, 0.717) is 0 Å². The molecule has 0 spiro atoms. The van der Waals surface area contributed by atoms with Gasteiger partial charge in [0.2, 0.25) is 0 Å². The SMILES string of the molecule is COCCNCc1cccc(SC/C(C)=C/Cl)c1. The van der Waals surface area contributed by atoms with Crippen molar-refractivity contribution in [1.82, 2.24) is 5.32 Å². The maximum atomic E-state index is 5.65. The van der Waals surface area contributed by atoms with E-state index in [1.807, 2.05) is 6.92 Å². The molecule has 100 valence electrons. The summed E-state index contributed by atoms with van der Waals surface area (Å²) in [5.74, 6) is 0.935. The Labute approximate surface area is 119 Å². The van der Waals surface area contributed by atoms with Crippen LogP contribution in [0.5, 0.6) is 0 Å². The molecule has 18 heavy (non-hydrogen) atoms. The van der Waals surface area contributed by atoms with E-state index in [2.05, 4.69) is 29.6 Å². The van der Waals surface area contributed by atoms with Crippen molar-refractivity contribution in [3.05, 3.63) is 40.9 Å². The molecule has 0 fully saturated rings. The van der Waals surface area contributed by atoms with Crippen LogP contribution in [0.15, 0.2) is 40.3 Å². The van der Waals surface area contributed by atoms with Crippen LogP contribution in [0.3, 0.4) is 0 Å². The molecule has 1 aromatic rings. The second-order valence-corrected chi connectivity index (χ2v) is 5.33. The molecule has 0 saturated heterocycles. The quantitative estimate of drug-likeness (QED) is 0.582. The van der Waals surface area contributed by atoms with E-state index in [1.54, 1.807) is 24.4 Å². The van der Waals surface area contributed by atoms with Crippen LogP contribution in [-0.2, 0) is 11.3 Å². The minimum atomic E-state index is 0.744. The average molecular weight is 286 g/mol. The maximum absolute atomic E-state index is 5.65. The summed E-state index contributed by atoms with van der Waals surface area (Å²) in [7, 11) is 1.71. The lowest BCUT2D eigenvalue weighted by atomic mass is 10.2. The third kappa shape index (κ3) is 6.45. The van der Waals surface area contributed by atoms with Gasteiger partial charge in [-0.15, -0.1) is 11.8 Å². The molecule has 0 bridgehead atoms. The van der Waals surface area contributed by atoms with Gasteiger partial charge in [-0.2, -0.15) is 0 Å². The summed E-state index contributed by atoms with van der Waals surface area (Å²) in [5, 5.41) is 3.34. The molecule has 1 N–H and O–H groups in total. The Balaban J connectivity index is 2.41. The number of halogens is 1. The predicted molar refractivity (Wildman–Crippen MR) is 80.4 cm³/mol. The van der Waals surface area contributed by atoms with E-state index < -0.39 is 0 Å². The molecular weight excluding hydrogens is 266 g/mol. The number of ether oxygens (including phenoxy) is 1. The number of nitrogens with one attached hydrogen (secondary N) is 1. The average Bonchev–Trinajstić information content (AvgIpc) is 2.41. The van der Waals surface area contributed by atoms with Gasteiger partial charge in [0.1, 0.15) is 0 Å². The number of thioether (sulfide) groups is 1. The van der Waals surface area contributed by atoms with Gasteiger partial charge in [0, 0.05) is 36.4 Å². The fourth-order valence-electron chi connectivity index (χ4n) is 1.38. The summed E-state index contributed by atoms with van der Waals surface area (Å²) in [6.45, 7) is 4.54. The van der Waals surface area contributed by atoms with Crippen LogP contribution < -0.4 is 5.32 Å². The molecule has 1 aromatic carbocycles. The Morgan fingerprint density at radius 2 is 2.33 bits per heavy atom. The number of hydrogen-bond donors (Lipinski definition) is 1. The number of hydrogen-bond acceptors (Lipinski definition) is 3. The Kier molecular flexibility index (Phi) is 8.18. The minimum Gasteiger partial charge on any atom is -0.383 e. The Bertz CT molecular complexity index is 382. The van der Waals surface area contributed by atoms with Gasteiger partial charge in [-0.05, 0) is 24.6 Å². The smallest absolute Gasteiger partial charge is 0.0587 e. The highest BCUT2D eigenvalue weighted by atomic mass is 35.5. The van der Waals surface area contributed by atoms with Crippen molar-refractivity contribution in [2.24, 2.45) is 0 Å². The Morgan fingerprint density at radius 1 is 1.50 bits per heavy atom. The molecule has 0 aromatic heterocycles. The number of methoxy groups -OCH3 is 1. The molecule has 0 heterocycles. The largest absolute Gasteiger partial charge is 0.383 e. The van der Waals surface area contributed by atoms with E-state index in [0.717, 1.165) is 25.4 Å². The summed E-state index contributed by atoms with van der Waals surface area (Å²) in [4.78, 5) is 1.28. The van der Waals surface area contributed by atoms with Crippen LogP contribution in [0, 0.1) is 0 Å². The van der Waals surface area contributed by atoms with Crippen molar-refractivity contribution >= 4 is 23.4 Å². The molecule has 0 atom stereocenters. The van der Waals surface area contributed by atoms with Crippen LogP contribution >= 0.6 is 23.4 Å². The molecule has 0 unspecified atom stereocenters. The van der Waals surface area contributed by atoms with Crippen molar-refractivity contribution < 1.29 is 4.74 Å². The number of rotatable bonds is 8. The molecular formula is C14H20ClNOS. The lowest BCUT2D eigenvalue weighted by Crippen LogP contribution is -2.18. The van der Waals surface area contributed by atoms with Crippen LogP contribution in [0.4, 0.5) is 0 Å². The van der Waals surface area contributed by atoms with Crippen molar-refractivity contribution in [1.29, 1.82) is 0 Å². The molecule has 0 amide bonds. The van der Waals surface area contributed by atoms with Crippen LogP contribution in [0.1, 0.15) is 12.5 Å². The number of benzene rings is 1. The van der Waals surface area contributed by atoms with Gasteiger partial charge in [0.25, 0.3) is 0 Å². The fraction of sp³-hybridized carbons (Fsp3) is 0.429. The van der Waals surface area contributed by atoms with E-state index in [4.69, 9.17) is 16.3 Å². The summed E-state index contributed by atoms with van der Waals surface area (Å²) in [5.41, 5.74) is 4.12. The minimum absolute atomic E-state index is 0.744. The topological polar surface area (TPSA) is 21.3 Å². The molecule has 0 saturated carbocycles. The fourth-order valence-corrected chi connectivity index (χ4v) is 2.44. The highest BCUT2D eigenvalue weighted by Crippen LogP contribution is 2.21. The van der Waals surface area contributed by atoms with E-state index in [9.17, 15) is 0 Å². The summed E-state index contributed by atoms with van der Waals surface area (Å²) < 4.78 is 5.00. The highest BCUT2D eigenvalue weighted by Gasteiger charge is 1.98. The van der Waals surface area contributed by atoms with Gasteiger partial charge >= 0.3 is 0 Å². The normalized spacial score (nSPS) is 11.8. The van der Waals surface area contributed by atoms with E-state index in [-0.39, 0.29) is 0 Å². The van der Waals surface area contributed by atoms with Crippen molar-refractivity contribution in [2.75, 3.05) is 26.0 Å². The second-order valence-electron chi connectivity index (χ2n) is 4.06. The standard InChI is InChI=1S/C14H20ClNOS/c1-12(9-15)11-18-14-5-3-4-13(8-14)10-16-6-7-17-2/h3-5,8-9,16H,6-7,10-11H2,1-2H3/b12-9+. The first-order valence-electron chi connectivity index (χ1n) is 5.93. The summed E-state index contributed by atoms with van der Waals surface area (Å²) >= 11 is 7.46. The van der Waals surface area contributed by atoms with Crippen molar-refractivity contribution in [3.8, 4) is 0 Å². The first kappa shape index (κ1) is 15.6. The lowest BCUT2D eigenvalue weighted by molar-refractivity contribution is 0.199. The van der Waals surface area contributed by atoms with E-state index >= 15 is 0 Å². The third-order valence-corrected chi connectivity index (χ3v) is 3.92. The zero-order chi connectivity index (χ0) is 13.2. The van der Waals surface area contributed by atoms with Gasteiger partial charge < -0.3 is 10.1 Å². The zero-order valence-electron chi connectivity index (χ0n) is 10.9. The van der Waals surface area contributed by atoms with Gasteiger partial charge in [0.15, 0.2) is 0 Å². The van der Waals surface area contributed by atoms with Gasteiger partial charge in [0.05, 0.1) is 6.61 Å². The van der Waals surface area contributed by atoms with Crippen LogP contribution in [0.25, 0.3) is 0 Å². The van der Waals surface area contributed by atoms with Crippen LogP contribution in [0.2, 0.25) is 0 Å². The highest BCUT2D eigenvalue weighted by molar-refractivity contribution is 7.99. The monoisotopic (exact) mass is 285 g/mol. The first-order valence-corrected chi connectivity index (χ1v) is 7.35. The molecule has 2 nitrogen and oxygen atoms in total. The first-order chi connectivity index (χ1) is 8.76. The Hall–Kier alpha value is -0.480. The molecule has 0 aliphatic carbocycles. The van der Waals surface area contributed by atoms with Crippen molar-refractivity contribution in [2.45, 2.75) is 18.4 Å².